The van der Waals surface area contributed by atoms with E-state index in [1.165, 1.54) is 0 Å². The molecule has 78 valence electrons. The van der Waals surface area contributed by atoms with E-state index >= 15 is 0 Å². The Morgan fingerprint density at radius 2 is 2.07 bits per heavy atom. The number of rotatable bonds is 3. The van der Waals surface area contributed by atoms with Crippen molar-refractivity contribution in [2.45, 2.75) is 39.5 Å². The molecule has 0 unspecified atom stereocenters. The molecule has 0 saturated carbocycles. The summed E-state index contributed by atoms with van der Waals surface area (Å²) in [5, 5.41) is 0. The minimum Gasteiger partial charge on any atom is -0.370 e. The van der Waals surface area contributed by atoms with E-state index < -0.39 is 0 Å². The Hall–Kier alpha value is -0.930. The van der Waals surface area contributed by atoms with Crippen molar-refractivity contribution in [1.29, 1.82) is 0 Å². The van der Waals surface area contributed by atoms with Crippen LogP contribution in [0, 0.1) is 0 Å². The van der Waals surface area contributed by atoms with Crippen LogP contribution in [0.4, 0.5) is 0 Å². The van der Waals surface area contributed by atoms with Gasteiger partial charge in [-0.05, 0) is 32.4 Å². The largest absolute Gasteiger partial charge is 0.370 e. The summed E-state index contributed by atoms with van der Waals surface area (Å²) in [5.74, 6) is 0. The number of hydrogen-bond donors (Lipinski definition) is 1. The third-order valence-corrected chi connectivity index (χ3v) is 1.77. The van der Waals surface area contributed by atoms with Crippen molar-refractivity contribution in [3.63, 3.8) is 0 Å². The van der Waals surface area contributed by atoms with Crippen LogP contribution in [-0.4, -0.2) is 10.6 Å². The Labute approximate surface area is 85.3 Å². The van der Waals surface area contributed by atoms with Crippen LogP contribution in [0.15, 0.2) is 18.3 Å². The van der Waals surface area contributed by atoms with Crippen LogP contribution in [-0.2, 0) is 17.9 Å². The second-order valence-electron chi connectivity index (χ2n) is 4.26. The molecule has 0 aliphatic rings. The van der Waals surface area contributed by atoms with Crippen LogP contribution < -0.4 is 5.73 Å². The van der Waals surface area contributed by atoms with E-state index in [1.807, 2.05) is 32.9 Å². The van der Waals surface area contributed by atoms with Crippen molar-refractivity contribution in [3.05, 3.63) is 29.6 Å². The second-order valence-corrected chi connectivity index (χ2v) is 4.26. The highest BCUT2D eigenvalue weighted by Gasteiger charge is 2.10. The van der Waals surface area contributed by atoms with Gasteiger partial charge in [0.05, 0.1) is 17.9 Å². The van der Waals surface area contributed by atoms with Gasteiger partial charge in [-0.15, -0.1) is 0 Å². The molecule has 0 aliphatic heterocycles. The standard InChI is InChI=1S/C11H18N2O/c1-11(2,3)14-8-10-5-4-9(6-12)7-13-10/h4-5,7H,6,8,12H2,1-3H3. The molecule has 0 spiro atoms. The Morgan fingerprint density at radius 3 is 2.50 bits per heavy atom. The van der Waals surface area contributed by atoms with Crippen molar-refractivity contribution in [3.8, 4) is 0 Å². The number of hydrogen-bond acceptors (Lipinski definition) is 3. The lowest BCUT2D eigenvalue weighted by Crippen LogP contribution is -2.19. The van der Waals surface area contributed by atoms with Gasteiger partial charge in [0.1, 0.15) is 0 Å². The first-order valence-electron chi connectivity index (χ1n) is 4.79. The monoisotopic (exact) mass is 194 g/mol. The summed E-state index contributed by atoms with van der Waals surface area (Å²) in [6.07, 6.45) is 1.79. The Morgan fingerprint density at radius 1 is 1.36 bits per heavy atom. The maximum atomic E-state index is 5.60. The summed E-state index contributed by atoms with van der Waals surface area (Å²) in [6, 6.07) is 3.93. The van der Waals surface area contributed by atoms with Crippen LogP contribution in [0.2, 0.25) is 0 Å². The van der Waals surface area contributed by atoms with E-state index in [4.69, 9.17) is 10.5 Å². The van der Waals surface area contributed by atoms with Crippen LogP contribution in [0.1, 0.15) is 32.0 Å². The van der Waals surface area contributed by atoms with Gasteiger partial charge in [0.2, 0.25) is 0 Å². The van der Waals surface area contributed by atoms with Crippen molar-refractivity contribution in [2.24, 2.45) is 5.73 Å². The molecule has 0 atom stereocenters. The predicted molar refractivity (Wildman–Crippen MR) is 56.7 cm³/mol. The highest BCUT2D eigenvalue weighted by Crippen LogP contribution is 2.10. The van der Waals surface area contributed by atoms with Crippen molar-refractivity contribution < 1.29 is 4.74 Å². The van der Waals surface area contributed by atoms with Gasteiger partial charge in [-0.3, -0.25) is 4.98 Å². The van der Waals surface area contributed by atoms with Crippen LogP contribution in [0.25, 0.3) is 0 Å². The normalized spacial score (nSPS) is 11.7. The van der Waals surface area contributed by atoms with Gasteiger partial charge in [0.25, 0.3) is 0 Å². The minimum atomic E-state index is -0.117. The van der Waals surface area contributed by atoms with E-state index in [2.05, 4.69) is 4.98 Å². The summed E-state index contributed by atoms with van der Waals surface area (Å²) in [4.78, 5) is 4.25. The predicted octanol–water partition coefficient (Wildman–Crippen LogP) is 1.86. The van der Waals surface area contributed by atoms with E-state index in [0.717, 1.165) is 11.3 Å². The summed E-state index contributed by atoms with van der Waals surface area (Å²) < 4.78 is 5.60. The molecule has 0 fully saturated rings. The number of aromatic nitrogens is 1. The third kappa shape index (κ3) is 3.85. The van der Waals surface area contributed by atoms with Gasteiger partial charge >= 0.3 is 0 Å². The van der Waals surface area contributed by atoms with Crippen LogP contribution >= 0.6 is 0 Å². The average Bonchev–Trinajstić information content (AvgIpc) is 2.14. The summed E-state index contributed by atoms with van der Waals surface area (Å²) in [7, 11) is 0. The molecular formula is C11H18N2O. The fraction of sp³-hybridized carbons (Fsp3) is 0.545. The van der Waals surface area contributed by atoms with Crippen LogP contribution in [0.5, 0.6) is 0 Å². The van der Waals surface area contributed by atoms with Gasteiger partial charge in [0.15, 0.2) is 0 Å². The molecule has 0 saturated heterocycles. The first kappa shape index (κ1) is 11.1. The molecule has 14 heavy (non-hydrogen) atoms. The highest BCUT2D eigenvalue weighted by molar-refractivity contribution is 5.13. The molecule has 1 heterocycles. The molecule has 0 radical (unpaired) electrons. The van der Waals surface area contributed by atoms with Crippen molar-refractivity contribution in [1.82, 2.24) is 4.98 Å². The van der Waals surface area contributed by atoms with Crippen molar-refractivity contribution in [2.75, 3.05) is 0 Å². The maximum Gasteiger partial charge on any atom is 0.0894 e. The molecule has 1 rings (SSSR count). The molecule has 0 aliphatic carbocycles. The summed E-state index contributed by atoms with van der Waals surface area (Å²) >= 11 is 0. The number of pyridine rings is 1. The molecule has 1 aromatic rings. The van der Waals surface area contributed by atoms with Gasteiger partial charge in [-0.1, -0.05) is 6.07 Å². The fourth-order valence-corrected chi connectivity index (χ4v) is 0.952. The SMILES string of the molecule is CC(C)(C)OCc1ccc(CN)cn1. The number of nitrogens with two attached hydrogens (primary N) is 1. The van der Waals surface area contributed by atoms with Gasteiger partial charge in [-0.2, -0.15) is 0 Å². The topological polar surface area (TPSA) is 48.1 Å². The molecule has 3 nitrogen and oxygen atoms in total. The zero-order valence-electron chi connectivity index (χ0n) is 9.08. The van der Waals surface area contributed by atoms with Gasteiger partial charge in [0, 0.05) is 12.7 Å². The zero-order chi connectivity index (χ0) is 10.6. The quantitative estimate of drug-likeness (QED) is 0.799. The summed E-state index contributed by atoms with van der Waals surface area (Å²) in [6.45, 7) is 7.17. The smallest absolute Gasteiger partial charge is 0.0894 e. The molecule has 0 aromatic carbocycles. The molecule has 1 aromatic heterocycles. The van der Waals surface area contributed by atoms with E-state index in [9.17, 15) is 0 Å². The van der Waals surface area contributed by atoms with Gasteiger partial charge < -0.3 is 10.5 Å². The number of nitrogens with zero attached hydrogens (tertiary/aromatic N) is 1. The van der Waals surface area contributed by atoms with E-state index in [-0.39, 0.29) is 5.60 Å². The lowest BCUT2D eigenvalue weighted by atomic mass is 10.2. The molecule has 2 N–H and O–H groups in total. The third-order valence-electron chi connectivity index (χ3n) is 1.77. The molecule has 0 amide bonds. The Kier molecular flexibility index (Phi) is 3.61. The van der Waals surface area contributed by atoms with Crippen molar-refractivity contribution >= 4 is 0 Å². The first-order valence-corrected chi connectivity index (χ1v) is 4.79. The lowest BCUT2D eigenvalue weighted by Gasteiger charge is -2.19. The van der Waals surface area contributed by atoms with E-state index in [0.29, 0.717) is 13.2 Å². The first-order chi connectivity index (χ1) is 6.51. The Balaban J connectivity index is 2.52. The zero-order valence-corrected chi connectivity index (χ0v) is 9.08. The average molecular weight is 194 g/mol. The van der Waals surface area contributed by atoms with Gasteiger partial charge in [-0.25, -0.2) is 0 Å². The molecule has 3 heteroatoms. The lowest BCUT2D eigenvalue weighted by molar-refractivity contribution is -0.0164. The highest BCUT2D eigenvalue weighted by atomic mass is 16.5. The number of ether oxygens (including phenoxy) is 1. The Bertz CT molecular complexity index is 274. The maximum absolute atomic E-state index is 5.60. The van der Waals surface area contributed by atoms with E-state index in [1.54, 1.807) is 6.20 Å². The summed E-state index contributed by atoms with van der Waals surface area (Å²) in [5.41, 5.74) is 7.34. The minimum absolute atomic E-state index is 0.117. The fourth-order valence-electron chi connectivity index (χ4n) is 0.952. The van der Waals surface area contributed by atoms with Crippen LogP contribution in [0.3, 0.4) is 0 Å². The molecular weight excluding hydrogens is 176 g/mol. The molecule has 0 bridgehead atoms. The second kappa shape index (κ2) is 4.53.